The van der Waals surface area contributed by atoms with Gasteiger partial charge in [0.15, 0.2) is 11.6 Å². The summed E-state index contributed by atoms with van der Waals surface area (Å²) in [5.41, 5.74) is -0.320. The lowest BCUT2D eigenvalue weighted by atomic mass is 10.1. The van der Waals surface area contributed by atoms with Gasteiger partial charge < -0.3 is 14.8 Å². The number of nitrogens with zero attached hydrogens (tertiary/aromatic N) is 5. The molecule has 0 aliphatic carbocycles. The molecule has 1 amide bonds. The molecule has 0 fully saturated rings. The van der Waals surface area contributed by atoms with Gasteiger partial charge in [0.2, 0.25) is 5.82 Å². The van der Waals surface area contributed by atoms with Crippen molar-refractivity contribution in [3.05, 3.63) is 75.8 Å². The number of H-pyrrole nitrogens is 1. The summed E-state index contributed by atoms with van der Waals surface area (Å²) in [4.78, 5) is 26.2. The number of aromatic nitrogens is 5. The van der Waals surface area contributed by atoms with E-state index in [1.54, 1.807) is 24.3 Å². The van der Waals surface area contributed by atoms with E-state index in [1.807, 2.05) is 0 Å². The van der Waals surface area contributed by atoms with Crippen LogP contribution in [0.4, 0.5) is 29.1 Å². The highest BCUT2D eigenvalue weighted by Gasteiger charge is 2.40. The van der Waals surface area contributed by atoms with Crippen LogP contribution in [0.1, 0.15) is 22.0 Å². The Labute approximate surface area is 188 Å². The number of carbonyl (C=O) groups excluding carboxylic acids is 1. The summed E-state index contributed by atoms with van der Waals surface area (Å²) in [7, 11) is 0. The van der Waals surface area contributed by atoms with Crippen LogP contribution in [0, 0.1) is 5.82 Å². The van der Waals surface area contributed by atoms with Gasteiger partial charge in [0.1, 0.15) is 5.82 Å². The van der Waals surface area contributed by atoms with E-state index in [-0.39, 0.29) is 36.6 Å². The van der Waals surface area contributed by atoms with E-state index in [4.69, 9.17) is 0 Å². The van der Waals surface area contributed by atoms with Gasteiger partial charge >= 0.3 is 6.18 Å². The minimum absolute atomic E-state index is 0.0366. The second-order valence-electron chi connectivity index (χ2n) is 7.58. The van der Waals surface area contributed by atoms with Crippen molar-refractivity contribution in [1.29, 1.82) is 0 Å². The zero-order chi connectivity index (χ0) is 24.0. The molecule has 0 atom stereocenters. The lowest BCUT2D eigenvalue weighted by Crippen LogP contribution is -2.39. The molecule has 0 saturated carbocycles. The third-order valence-electron chi connectivity index (χ3n) is 5.45. The van der Waals surface area contributed by atoms with Crippen LogP contribution >= 0.6 is 0 Å². The van der Waals surface area contributed by atoms with Crippen molar-refractivity contribution >= 4 is 28.2 Å². The van der Waals surface area contributed by atoms with Crippen LogP contribution in [0.25, 0.3) is 10.8 Å². The Kier molecular flexibility index (Phi) is 5.03. The minimum atomic E-state index is -4.66. The first kappa shape index (κ1) is 21.6. The van der Waals surface area contributed by atoms with Crippen molar-refractivity contribution in [2.75, 3.05) is 11.9 Å². The lowest BCUT2D eigenvalue weighted by molar-refractivity contribution is -0.147. The van der Waals surface area contributed by atoms with Crippen LogP contribution < -0.4 is 10.9 Å². The molecule has 0 spiro atoms. The molecule has 0 unspecified atom stereocenters. The quantitative estimate of drug-likeness (QED) is 0.443. The molecule has 2 N–H and O–H groups in total. The molecule has 1 aliphatic heterocycles. The highest BCUT2D eigenvalue weighted by molar-refractivity contribution is 5.96. The number of hydrogen-bond acceptors (Lipinski definition) is 6. The summed E-state index contributed by atoms with van der Waals surface area (Å²) >= 11 is 0. The Hall–Kier alpha value is -4.29. The highest BCUT2D eigenvalue weighted by atomic mass is 19.4. The Morgan fingerprint density at radius 2 is 1.82 bits per heavy atom. The molecule has 3 heterocycles. The number of nitrogens with one attached hydrogen (secondary N) is 2. The Morgan fingerprint density at radius 3 is 2.59 bits per heavy atom. The van der Waals surface area contributed by atoms with E-state index in [2.05, 4.69) is 25.7 Å². The third-order valence-corrected chi connectivity index (χ3v) is 5.45. The maximum Gasteiger partial charge on any atom is 0.451 e. The standard InChI is InChI=1S/C21H15F4N7O2/c22-15-6-5-11(26-17-12-3-1-2-4-13(12)18(33)29-28-17)9-14(15)19(34)31-7-8-32-16(10-31)27-30-20(32)21(23,24)25/h1-6,9H,7-8,10H2,(H,26,28)(H,29,33). The predicted octanol–water partition coefficient (Wildman–Crippen LogP) is 3.07. The molecule has 9 nitrogen and oxygen atoms in total. The number of aromatic amines is 1. The maximum absolute atomic E-state index is 14.6. The molecule has 34 heavy (non-hydrogen) atoms. The van der Waals surface area contributed by atoms with E-state index in [0.717, 1.165) is 10.6 Å². The second kappa shape index (κ2) is 7.93. The Bertz CT molecular complexity index is 1480. The second-order valence-corrected chi connectivity index (χ2v) is 7.58. The molecule has 2 aromatic heterocycles. The van der Waals surface area contributed by atoms with Crippen LogP contribution in [0.15, 0.2) is 47.3 Å². The number of benzene rings is 2. The monoisotopic (exact) mass is 473 g/mol. The molecule has 13 heteroatoms. The average Bonchev–Trinajstić information content (AvgIpc) is 3.26. The van der Waals surface area contributed by atoms with E-state index in [1.165, 1.54) is 17.0 Å². The zero-order valence-corrected chi connectivity index (χ0v) is 17.2. The lowest BCUT2D eigenvalue weighted by Gasteiger charge is -2.28. The first-order valence-electron chi connectivity index (χ1n) is 10.0. The van der Waals surface area contributed by atoms with Gasteiger partial charge in [-0.05, 0) is 24.3 Å². The largest absolute Gasteiger partial charge is 0.451 e. The molecule has 0 bridgehead atoms. The highest BCUT2D eigenvalue weighted by Crippen LogP contribution is 2.30. The van der Waals surface area contributed by atoms with Gasteiger partial charge in [-0.25, -0.2) is 9.49 Å². The molecule has 1 aliphatic rings. The number of amides is 1. The molecule has 0 radical (unpaired) electrons. The minimum Gasteiger partial charge on any atom is -0.338 e. The Balaban J connectivity index is 1.42. The third kappa shape index (κ3) is 3.74. The number of fused-ring (bicyclic) bond motifs is 2. The molecule has 5 rings (SSSR count). The number of rotatable bonds is 3. The number of carbonyl (C=O) groups is 1. The number of alkyl halides is 3. The summed E-state index contributed by atoms with van der Waals surface area (Å²) in [6.07, 6.45) is -4.66. The number of halogens is 4. The van der Waals surface area contributed by atoms with Gasteiger partial charge in [-0.1, -0.05) is 18.2 Å². The van der Waals surface area contributed by atoms with Crippen molar-refractivity contribution in [1.82, 2.24) is 29.9 Å². The fraction of sp³-hybridized carbons (Fsp3) is 0.190. The molecule has 2 aromatic carbocycles. The molecule has 0 saturated heterocycles. The fourth-order valence-electron chi connectivity index (χ4n) is 3.82. The fourth-order valence-corrected chi connectivity index (χ4v) is 3.82. The van der Waals surface area contributed by atoms with Crippen molar-refractivity contribution < 1.29 is 22.4 Å². The molecular weight excluding hydrogens is 458 g/mol. The van der Waals surface area contributed by atoms with E-state index < -0.39 is 23.7 Å². The van der Waals surface area contributed by atoms with Gasteiger partial charge in [0, 0.05) is 24.2 Å². The summed E-state index contributed by atoms with van der Waals surface area (Å²) in [5, 5.41) is 17.0. The van der Waals surface area contributed by atoms with Crippen LogP contribution in [0.5, 0.6) is 0 Å². The normalized spacial score (nSPS) is 13.7. The molecule has 174 valence electrons. The summed E-state index contributed by atoms with van der Waals surface area (Å²) in [6, 6.07) is 10.5. The van der Waals surface area contributed by atoms with Gasteiger partial charge in [-0.2, -0.15) is 18.3 Å². The van der Waals surface area contributed by atoms with E-state index >= 15 is 0 Å². The van der Waals surface area contributed by atoms with Crippen molar-refractivity contribution in [3.63, 3.8) is 0 Å². The SMILES string of the molecule is O=C(c1cc(Nc2n[nH]c(=O)c3ccccc23)ccc1F)N1CCn2c(nnc2C(F)(F)F)C1. The molecular formula is C21H15F4N7O2. The van der Waals surface area contributed by atoms with E-state index in [9.17, 15) is 27.2 Å². The van der Waals surface area contributed by atoms with E-state index in [0.29, 0.717) is 22.3 Å². The first-order chi connectivity index (χ1) is 16.2. The van der Waals surface area contributed by atoms with Crippen LogP contribution in [0.3, 0.4) is 0 Å². The maximum atomic E-state index is 14.6. The Morgan fingerprint density at radius 1 is 1.06 bits per heavy atom. The van der Waals surface area contributed by atoms with Crippen molar-refractivity contribution in [2.24, 2.45) is 0 Å². The van der Waals surface area contributed by atoms with Crippen LogP contribution in [-0.4, -0.2) is 42.3 Å². The van der Waals surface area contributed by atoms with Gasteiger partial charge in [-0.15, -0.1) is 10.2 Å². The van der Waals surface area contributed by atoms with Gasteiger partial charge in [0.05, 0.1) is 17.5 Å². The summed E-state index contributed by atoms with van der Waals surface area (Å²) < 4.78 is 54.6. The van der Waals surface area contributed by atoms with Crippen molar-refractivity contribution in [3.8, 4) is 0 Å². The first-order valence-corrected chi connectivity index (χ1v) is 10.0. The topological polar surface area (TPSA) is 109 Å². The average molecular weight is 473 g/mol. The number of anilines is 2. The van der Waals surface area contributed by atoms with Gasteiger partial charge in [-0.3, -0.25) is 9.59 Å². The molecule has 4 aromatic rings. The van der Waals surface area contributed by atoms with Crippen LogP contribution in [0.2, 0.25) is 0 Å². The zero-order valence-electron chi connectivity index (χ0n) is 17.2. The van der Waals surface area contributed by atoms with Crippen LogP contribution in [-0.2, 0) is 19.3 Å². The summed E-state index contributed by atoms with van der Waals surface area (Å²) in [5.74, 6) is -2.37. The van der Waals surface area contributed by atoms with Gasteiger partial charge in [0.25, 0.3) is 11.5 Å². The predicted molar refractivity (Wildman–Crippen MR) is 112 cm³/mol. The smallest absolute Gasteiger partial charge is 0.338 e. The van der Waals surface area contributed by atoms with Crippen molar-refractivity contribution in [2.45, 2.75) is 19.3 Å². The summed E-state index contributed by atoms with van der Waals surface area (Å²) in [6.45, 7) is -0.489. The number of hydrogen-bond donors (Lipinski definition) is 2.